The molecule has 2 N–H and O–H groups in total. The third-order valence-corrected chi connectivity index (χ3v) is 3.17. The molecule has 20 heavy (non-hydrogen) atoms. The van der Waals surface area contributed by atoms with Crippen molar-refractivity contribution in [2.75, 3.05) is 7.11 Å². The maximum Gasteiger partial charge on any atom is 0.371 e. The predicted molar refractivity (Wildman–Crippen MR) is 69.7 cm³/mol. The van der Waals surface area contributed by atoms with Crippen molar-refractivity contribution in [2.24, 2.45) is 0 Å². The summed E-state index contributed by atoms with van der Waals surface area (Å²) in [4.78, 5) is 26.5. The van der Waals surface area contributed by atoms with Crippen molar-refractivity contribution in [2.45, 2.75) is 13.2 Å². The summed E-state index contributed by atoms with van der Waals surface area (Å²) in [6.07, 6.45) is 0. The Kier molecular flexibility index (Phi) is 4.49. The highest BCUT2D eigenvalue weighted by Crippen LogP contribution is 2.11. The van der Waals surface area contributed by atoms with Gasteiger partial charge >= 0.3 is 5.97 Å². The number of hydrogen-bond acceptors (Lipinski definition) is 6. The molecule has 0 unspecified atom stereocenters. The third kappa shape index (κ3) is 3.43. The van der Waals surface area contributed by atoms with Crippen molar-refractivity contribution in [3.63, 3.8) is 0 Å². The number of carboxylic acid groups (broad SMARTS) is 1. The van der Waals surface area contributed by atoms with E-state index in [2.05, 4.69) is 10.3 Å². The van der Waals surface area contributed by atoms with Gasteiger partial charge in [-0.05, 0) is 12.1 Å². The highest BCUT2D eigenvalue weighted by Gasteiger charge is 2.13. The fraction of sp³-hybridized carbons (Fsp3) is 0.250. The summed E-state index contributed by atoms with van der Waals surface area (Å²) < 4.78 is 9.94. The number of carbonyl (C=O) groups is 2. The van der Waals surface area contributed by atoms with E-state index in [0.717, 1.165) is 0 Å². The van der Waals surface area contributed by atoms with Crippen molar-refractivity contribution in [3.05, 3.63) is 39.7 Å². The quantitative estimate of drug-likeness (QED) is 0.837. The fourth-order valence-electron chi connectivity index (χ4n) is 1.45. The Morgan fingerprint density at radius 2 is 2.30 bits per heavy atom. The van der Waals surface area contributed by atoms with E-state index in [1.54, 1.807) is 12.5 Å². The minimum Gasteiger partial charge on any atom is -0.475 e. The van der Waals surface area contributed by atoms with E-state index >= 15 is 0 Å². The molecule has 0 aliphatic carbocycles. The molecule has 7 nitrogen and oxygen atoms in total. The van der Waals surface area contributed by atoms with Gasteiger partial charge in [0, 0.05) is 12.5 Å². The van der Waals surface area contributed by atoms with E-state index < -0.39 is 5.97 Å². The Hall–Kier alpha value is -2.19. The Morgan fingerprint density at radius 3 is 2.95 bits per heavy atom. The predicted octanol–water partition coefficient (Wildman–Crippen LogP) is 1.51. The number of aromatic carboxylic acids is 1. The lowest BCUT2D eigenvalue weighted by Gasteiger charge is -2.00. The number of carboxylic acids is 1. The number of amides is 1. The number of methoxy groups -OCH3 is 1. The lowest BCUT2D eigenvalue weighted by molar-refractivity contribution is 0.0660. The molecule has 2 rings (SSSR count). The van der Waals surface area contributed by atoms with Crippen molar-refractivity contribution < 1.29 is 23.8 Å². The van der Waals surface area contributed by atoms with E-state index in [0.29, 0.717) is 23.1 Å². The number of nitrogens with one attached hydrogen (secondary N) is 1. The Labute approximate surface area is 118 Å². The van der Waals surface area contributed by atoms with E-state index in [1.165, 1.54) is 23.5 Å². The van der Waals surface area contributed by atoms with Gasteiger partial charge in [0.15, 0.2) is 0 Å². The Morgan fingerprint density at radius 1 is 1.50 bits per heavy atom. The number of hydrogen-bond donors (Lipinski definition) is 2. The van der Waals surface area contributed by atoms with Crippen molar-refractivity contribution >= 4 is 23.2 Å². The Bertz CT molecular complexity index is 619. The summed E-state index contributed by atoms with van der Waals surface area (Å²) in [5.74, 6) is -1.29. The van der Waals surface area contributed by atoms with Gasteiger partial charge in [-0.25, -0.2) is 9.78 Å². The van der Waals surface area contributed by atoms with Crippen LogP contribution in [0.3, 0.4) is 0 Å². The largest absolute Gasteiger partial charge is 0.475 e. The zero-order valence-electron chi connectivity index (χ0n) is 10.6. The molecule has 0 atom stereocenters. The SMILES string of the molecule is COCc1nc(C(=O)NCc2ccc(C(=O)O)o2)cs1. The van der Waals surface area contributed by atoms with Crippen molar-refractivity contribution in [3.8, 4) is 0 Å². The molecule has 8 heteroatoms. The van der Waals surface area contributed by atoms with Gasteiger partial charge in [-0.3, -0.25) is 4.79 Å². The molecule has 0 saturated heterocycles. The molecule has 0 aliphatic heterocycles. The molecular formula is C12H12N2O5S. The van der Waals surface area contributed by atoms with E-state index in [9.17, 15) is 9.59 Å². The van der Waals surface area contributed by atoms with Gasteiger partial charge < -0.3 is 19.6 Å². The minimum atomic E-state index is -1.15. The normalized spacial score (nSPS) is 10.4. The lowest BCUT2D eigenvalue weighted by atomic mass is 10.4. The van der Waals surface area contributed by atoms with Gasteiger partial charge in [0.25, 0.3) is 5.91 Å². The van der Waals surface area contributed by atoms with Crippen LogP contribution in [-0.4, -0.2) is 29.1 Å². The van der Waals surface area contributed by atoms with Crippen molar-refractivity contribution in [1.82, 2.24) is 10.3 Å². The number of carbonyl (C=O) groups excluding carboxylic acids is 1. The average Bonchev–Trinajstić information content (AvgIpc) is 3.05. The van der Waals surface area contributed by atoms with Crippen LogP contribution in [0.1, 0.15) is 31.8 Å². The molecule has 2 aromatic rings. The maximum absolute atomic E-state index is 11.8. The molecule has 0 radical (unpaired) electrons. The van der Waals surface area contributed by atoms with Gasteiger partial charge in [-0.1, -0.05) is 0 Å². The molecule has 0 aliphatic rings. The number of ether oxygens (including phenoxy) is 1. The smallest absolute Gasteiger partial charge is 0.371 e. The zero-order valence-corrected chi connectivity index (χ0v) is 11.4. The van der Waals surface area contributed by atoms with E-state index in [-0.39, 0.29) is 18.2 Å². The van der Waals surface area contributed by atoms with Gasteiger partial charge in [0.1, 0.15) is 16.5 Å². The first kappa shape index (κ1) is 14.2. The van der Waals surface area contributed by atoms with Gasteiger partial charge in [0.05, 0.1) is 13.2 Å². The summed E-state index contributed by atoms with van der Waals surface area (Å²) in [7, 11) is 1.55. The summed E-state index contributed by atoms with van der Waals surface area (Å²) >= 11 is 1.33. The second kappa shape index (κ2) is 6.31. The molecular weight excluding hydrogens is 284 g/mol. The van der Waals surface area contributed by atoms with E-state index in [1.807, 2.05) is 0 Å². The molecule has 0 aromatic carbocycles. The zero-order chi connectivity index (χ0) is 14.5. The second-order valence-corrected chi connectivity index (χ2v) is 4.76. The molecule has 0 saturated carbocycles. The van der Waals surface area contributed by atoms with Crippen LogP contribution in [-0.2, 0) is 17.9 Å². The van der Waals surface area contributed by atoms with Gasteiger partial charge in [-0.2, -0.15) is 0 Å². The van der Waals surface area contributed by atoms with E-state index in [4.69, 9.17) is 14.3 Å². The fourth-order valence-corrected chi connectivity index (χ4v) is 2.20. The number of furan rings is 1. The van der Waals surface area contributed by atoms with Crippen LogP contribution in [0.2, 0.25) is 0 Å². The number of nitrogens with zero attached hydrogens (tertiary/aromatic N) is 1. The van der Waals surface area contributed by atoms with Crippen LogP contribution in [0, 0.1) is 0 Å². The third-order valence-electron chi connectivity index (χ3n) is 2.35. The first-order valence-corrected chi connectivity index (χ1v) is 6.51. The second-order valence-electron chi connectivity index (χ2n) is 3.81. The molecule has 2 heterocycles. The average molecular weight is 296 g/mol. The first-order valence-electron chi connectivity index (χ1n) is 5.63. The number of aromatic nitrogens is 1. The Balaban J connectivity index is 1.91. The molecule has 0 bridgehead atoms. The highest BCUT2D eigenvalue weighted by molar-refractivity contribution is 7.09. The molecule has 0 fully saturated rings. The van der Waals surface area contributed by atoms with Crippen LogP contribution in [0.4, 0.5) is 0 Å². The summed E-state index contributed by atoms with van der Waals surface area (Å²) in [6, 6.07) is 2.84. The topological polar surface area (TPSA) is 102 Å². The first-order chi connectivity index (χ1) is 9.60. The lowest BCUT2D eigenvalue weighted by Crippen LogP contribution is -2.22. The summed E-state index contributed by atoms with van der Waals surface area (Å²) in [6.45, 7) is 0.460. The summed E-state index contributed by atoms with van der Waals surface area (Å²) in [5, 5.41) is 13.7. The molecule has 106 valence electrons. The van der Waals surface area contributed by atoms with Gasteiger partial charge in [-0.15, -0.1) is 11.3 Å². The van der Waals surface area contributed by atoms with Crippen LogP contribution in [0.25, 0.3) is 0 Å². The monoisotopic (exact) mass is 296 g/mol. The summed E-state index contributed by atoms with van der Waals surface area (Å²) in [5.41, 5.74) is 0.298. The molecule has 2 aromatic heterocycles. The highest BCUT2D eigenvalue weighted by atomic mass is 32.1. The van der Waals surface area contributed by atoms with Crippen LogP contribution >= 0.6 is 11.3 Å². The molecule has 1 amide bonds. The minimum absolute atomic E-state index is 0.100. The number of thiazole rings is 1. The van der Waals surface area contributed by atoms with Crippen LogP contribution in [0.15, 0.2) is 21.9 Å². The number of rotatable bonds is 6. The molecule has 0 spiro atoms. The maximum atomic E-state index is 11.8. The van der Waals surface area contributed by atoms with Crippen LogP contribution < -0.4 is 5.32 Å². The van der Waals surface area contributed by atoms with Crippen LogP contribution in [0.5, 0.6) is 0 Å². The van der Waals surface area contributed by atoms with Gasteiger partial charge in [0.2, 0.25) is 5.76 Å². The van der Waals surface area contributed by atoms with Crippen molar-refractivity contribution in [1.29, 1.82) is 0 Å². The standard InChI is InChI=1S/C12H12N2O5S/c1-18-5-10-14-8(6-20-10)11(15)13-4-7-2-3-9(19-7)12(16)17/h2-3,6H,4-5H2,1H3,(H,13,15)(H,16,17).